The largest absolute Gasteiger partial charge is 0.458 e. The van der Waals surface area contributed by atoms with E-state index in [1.165, 1.54) is 0 Å². The molecule has 2 heterocycles. The molecule has 2 saturated carbocycles. The van der Waals surface area contributed by atoms with Crippen LogP contribution in [-0.4, -0.2) is 47.2 Å². The van der Waals surface area contributed by atoms with Gasteiger partial charge in [0.15, 0.2) is 0 Å². The first kappa shape index (κ1) is 17.5. The lowest BCUT2D eigenvalue weighted by molar-refractivity contribution is -0.197. The Morgan fingerprint density at radius 2 is 1.96 bits per heavy atom. The van der Waals surface area contributed by atoms with Gasteiger partial charge in [0.1, 0.15) is 6.61 Å². The summed E-state index contributed by atoms with van der Waals surface area (Å²) in [6, 6.07) is 0. The average Bonchev–Trinajstić information content (AvgIpc) is 3.15. The van der Waals surface area contributed by atoms with Crippen LogP contribution in [0.1, 0.15) is 52.9 Å². The molecule has 0 amide bonds. The van der Waals surface area contributed by atoms with E-state index in [9.17, 15) is 15.0 Å². The van der Waals surface area contributed by atoms with Crippen molar-refractivity contribution in [2.75, 3.05) is 13.2 Å². The molecule has 5 heteroatoms. The predicted octanol–water partition coefficient (Wildman–Crippen LogP) is 2.20. The fraction of sp³-hybridized carbons (Fsp3) is 0.850. The molecule has 0 bridgehead atoms. The maximum atomic E-state index is 12.0. The number of hydrogen-bond donors (Lipinski definition) is 2. The third kappa shape index (κ3) is 2.28. The highest BCUT2D eigenvalue weighted by Crippen LogP contribution is 2.66. The van der Waals surface area contributed by atoms with Crippen LogP contribution in [0.25, 0.3) is 0 Å². The monoisotopic (exact) mass is 350 g/mol. The second kappa shape index (κ2) is 5.54. The van der Waals surface area contributed by atoms with Gasteiger partial charge >= 0.3 is 5.97 Å². The summed E-state index contributed by atoms with van der Waals surface area (Å²) in [5.41, 5.74) is -0.0332. The van der Waals surface area contributed by atoms with Crippen molar-refractivity contribution in [3.05, 3.63) is 11.6 Å². The zero-order chi connectivity index (χ0) is 18.0. The van der Waals surface area contributed by atoms with Crippen LogP contribution in [0.15, 0.2) is 11.6 Å². The predicted molar refractivity (Wildman–Crippen MR) is 91.7 cm³/mol. The third-order valence-electron chi connectivity index (χ3n) is 8.07. The summed E-state index contributed by atoms with van der Waals surface area (Å²) >= 11 is 0. The summed E-state index contributed by atoms with van der Waals surface area (Å²) in [5, 5.41) is 20.7. The third-order valence-corrected chi connectivity index (χ3v) is 8.07. The molecule has 1 unspecified atom stereocenters. The van der Waals surface area contributed by atoms with E-state index in [0.29, 0.717) is 24.5 Å². The quantitative estimate of drug-likeness (QED) is 0.747. The number of carbonyl (C=O) groups excluding carboxylic acids is 1. The van der Waals surface area contributed by atoms with E-state index in [1.54, 1.807) is 0 Å². The summed E-state index contributed by atoms with van der Waals surface area (Å²) in [7, 11) is 0. The molecule has 0 spiro atoms. The van der Waals surface area contributed by atoms with Gasteiger partial charge in [-0.25, -0.2) is 4.79 Å². The number of rotatable bonds is 2. The van der Waals surface area contributed by atoms with Crippen LogP contribution in [0, 0.1) is 22.7 Å². The molecule has 3 fully saturated rings. The van der Waals surface area contributed by atoms with Crippen LogP contribution in [-0.2, 0) is 14.3 Å². The molecule has 5 nitrogen and oxygen atoms in total. The van der Waals surface area contributed by atoms with Gasteiger partial charge in [-0.3, -0.25) is 0 Å². The zero-order valence-electron chi connectivity index (χ0n) is 15.5. The SMILES string of the molecule is C[C@]1(CO)[C@H]2CC[C@@]3(C)OC(C4=CCOC4=O)C[C@H]3[C@]2(C)CC[C@H]1O. The number of carbonyl (C=O) groups is 1. The van der Waals surface area contributed by atoms with Crippen LogP contribution in [0.4, 0.5) is 0 Å². The van der Waals surface area contributed by atoms with E-state index in [1.807, 2.05) is 13.0 Å². The van der Waals surface area contributed by atoms with E-state index in [-0.39, 0.29) is 35.6 Å². The van der Waals surface area contributed by atoms with E-state index in [0.717, 1.165) is 25.7 Å². The summed E-state index contributed by atoms with van der Waals surface area (Å²) in [4.78, 5) is 12.0. The van der Waals surface area contributed by atoms with Gasteiger partial charge in [0.2, 0.25) is 0 Å². The van der Waals surface area contributed by atoms with Crippen molar-refractivity contribution in [3.63, 3.8) is 0 Å². The normalized spacial score (nSPS) is 52.4. The molecule has 0 aromatic rings. The maximum absolute atomic E-state index is 12.0. The van der Waals surface area contributed by atoms with Gasteiger partial charge in [-0.2, -0.15) is 0 Å². The highest BCUT2D eigenvalue weighted by atomic mass is 16.5. The molecular weight excluding hydrogens is 320 g/mol. The van der Waals surface area contributed by atoms with Crippen molar-refractivity contribution >= 4 is 5.97 Å². The number of ether oxygens (including phenoxy) is 2. The van der Waals surface area contributed by atoms with Crippen molar-refractivity contribution in [1.82, 2.24) is 0 Å². The first-order valence-corrected chi connectivity index (χ1v) is 9.58. The Bertz CT molecular complexity index is 615. The standard InChI is InChI=1S/C20H30O5/c1-18-7-5-16(22)19(2,11-21)14(18)4-8-20(3)15(18)10-13(25-20)12-6-9-24-17(12)23/h6,13-16,21-22H,4-5,7-11H2,1-3H3/t13?,14-,15-,16+,18+,19-,20+/m0/s1. The van der Waals surface area contributed by atoms with E-state index in [4.69, 9.17) is 9.47 Å². The fourth-order valence-corrected chi connectivity index (χ4v) is 6.61. The van der Waals surface area contributed by atoms with Crippen molar-refractivity contribution < 1.29 is 24.5 Å². The molecule has 4 aliphatic rings. The number of esters is 1. The van der Waals surface area contributed by atoms with Gasteiger partial charge in [0.25, 0.3) is 0 Å². The van der Waals surface area contributed by atoms with Gasteiger partial charge in [-0.1, -0.05) is 13.8 Å². The Morgan fingerprint density at radius 3 is 2.60 bits per heavy atom. The minimum Gasteiger partial charge on any atom is -0.458 e. The first-order chi connectivity index (χ1) is 11.7. The summed E-state index contributed by atoms with van der Waals surface area (Å²) in [6.07, 6.45) is 5.53. The molecule has 1 saturated heterocycles. The van der Waals surface area contributed by atoms with Crippen LogP contribution in [0.3, 0.4) is 0 Å². The number of fused-ring (bicyclic) bond motifs is 3. The number of aliphatic hydroxyl groups excluding tert-OH is 2. The number of hydrogen-bond acceptors (Lipinski definition) is 5. The second-order valence-electron chi connectivity index (χ2n) is 9.28. The molecule has 0 aromatic carbocycles. The number of aliphatic hydroxyl groups is 2. The summed E-state index contributed by atoms with van der Waals surface area (Å²) in [5.74, 6) is 0.336. The highest BCUT2D eigenvalue weighted by molar-refractivity contribution is 5.91. The topological polar surface area (TPSA) is 76.0 Å². The molecule has 7 atom stereocenters. The van der Waals surface area contributed by atoms with Gasteiger partial charge < -0.3 is 19.7 Å². The average molecular weight is 350 g/mol. The number of cyclic esters (lactones) is 1. The molecule has 4 rings (SSSR count). The van der Waals surface area contributed by atoms with Crippen molar-refractivity contribution in [1.29, 1.82) is 0 Å². The fourth-order valence-electron chi connectivity index (χ4n) is 6.61. The molecule has 2 aliphatic carbocycles. The molecule has 2 N–H and O–H groups in total. The lowest BCUT2D eigenvalue weighted by atomic mass is 9.44. The smallest absolute Gasteiger partial charge is 0.336 e. The van der Waals surface area contributed by atoms with Gasteiger partial charge in [-0.15, -0.1) is 0 Å². The molecule has 0 aromatic heterocycles. The van der Waals surface area contributed by atoms with Crippen LogP contribution < -0.4 is 0 Å². The molecule has 140 valence electrons. The molecule has 25 heavy (non-hydrogen) atoms. The lowest BCUT2D eigenvalue weighted by Crippen LogP contribution is -2.61. The van der Waals surface area contributed by atoms with E-state index >= 15 is 0 Å². The van der Waals surface area contributed by atoms with Crippen molar-refractivity contribution in [2.24, 2.45) is 22.7 Å². The Balaban J connectivity index is 1.67. The van der Waals surface area contributed by atoms with E-state index in [2.05, 4.69) is 13.8 Å². The highest BCUT2D eigenvalue weighted by Gasteiger charge is 2.65. The Morgan fingerprint density at radius 1 is 1.20 bits per heavy atom. The Kier molecular flexibility index (Phi) is 3.88. The van der Waals surface area contributed by atoms with Crippen molar-refractivity contribution in [3.8, 4) is 0 Å². The van der Waals surface area contributed by atoms with Gasteiger partial charge in [0, 0.05) is 5.41 Å². The maximum Gasteiger partial charge on any atom is 0.336 e. The van der Waals surface area contributed by atoms with Crippen LogP contribution in [0.2, 0.25) is 0 Å². The van der Waals surface area contributed by atoms with Gasteiger partial charge in [-0.05, 0) is 62.4 Å². The van der Waals surface area contributed by atoms with E-state index < -0.39 is 11.5 Å². The lowest BCUT2D eigenvalue weighted by Gasteiger charge is -2.61. The van der Waals surface area contributed by atoms with Gasteiger partial charge in [0.05, 0.1) is 30.0 Å². The Labute approximate surface area is 149 Å². The molecule has 2 aliphatic heterocycles. The van der Waals surface area contributed by atoms with Crippen LogP contribution >= 0.6 is 0 Å². The Hall–Kier alpha value is -0.910. The summed E-state index contributed by atoms with van der Waals surface area (Å²) < 4.78 is 11.5. The van der Waals surface area contributed by atoms with Crippen molar-refractivity contribution in [2.45, 2.75) is 70.7 Å². The minimum atomic E-state index is -0.460. The summed E-state index contributed by atoms with van der Waals surface area (Å²) in [6.45, 7) is 6.89. The molecule has 0 radical (unpaired) electrons. The molecular formula is C20H30O5. The second-order valence-corrected chi connectivity index (χ2v) is 9.28. The van der Waals surface area contributed by atoms with Crippen LogP contribution in [0.5, 0.6) is 0 Å². The minimum absolute atomic E-state index is 0.00152. The zero-order valence-corrected chi connectivity index (χ0v) is 15.5. The first-order valence-electron chi connectivity index (χ1n) is 9.58.